The molecule has 30 heavy (non-hydrogen) atoms. The van der Waals surface area contributed by atoms with Gasteiger partial charge in [-0.05, 0) is 42.8 Å². The maximum Gasteiger partial charge on any atom is 0.416 e. The third-order valence-electron chi connectivity index (χ3n) is 3.99. The van der Waals surface area contributed by atoms with Gasteiger partial charge >= 0.3 is 6.18 Å². The number of nitrogens with two attached hydrogens (primary N) is 1. The van der Waals surface area contributed by atoms with Gasteiger partial charge < -0.3 is 11.1 Å². The van der Waals surface area contributed by atoms with E-state index in [4.69, 9.17) is 5.73 Å². The summed E-state index contributed by atoms with van der Waals surface area (Å²) in [5, 5.41) is 2.61. The van der Waals surface area contributed by atoms with Gasteiger partial charge in [-0.3, -0.25) is 14.2 Å². The van der Waals surface area contributed by atoms with Gasteiger partial charge in [-0.1, -0.05) is 30.0 Å². The molecule has 1 heterocycles. The second-order valence-corrected chi connectivity index (χ2v) is 7.33. The molecule has 3 N–H and O–H groups in total. The Balaban J connectivity index is 1.79. The number of benzene rings is 2. The number of nitrogens with zero attached hydrogens (tertiary/aromatic N) is 2. The largest absolute Gasteiger partial charge is 0.416 e. The molecule has 0 aliphatic carbocycles. The van der Waals surface area contributed by atoms with Gasteiger partial charge in [-0.2, -0.15) is 18.2 Å². The summed E-state index contributed by atoms with van der Waals surface area (Å²) in [5.41, 5.74) is 6.22. The summed E-state index contributed by atoms with van der Waals surface area (Å²) in [4.78, 5) is 28.0. The monoisotopic (exact) mass is 434 g/mol. The summed E-state index contributed by atoms with van der Waals surface area (Å²) >= 11 is 0.951. The van der Waals surface area contributed by atoms with E-state index in [-0.39, 0.29) is 22.4 Å². The molecule has 6 nitrogen and oxygen atoms in total. The first kappa shape index (κ1) is 21.4. The number of halogens is 3. The van der Waals surface area contributed by atoms with Crippen molar-refractivity contribution < 1.29 is 18.0 Å². The highest BCUT2D eigenvalue weighted by molar-refractivity contribution is 7.99. The zero-order valence-corrected chi connectivity index (χ0v) is 16.6. The topological polar surface area (TPSA) is 90.0 Å². The van der Waals surface area contributed by atoms with E-state index < -0.39 is 23.2 Å². The molecule has 10 heteroatoms. The Hall–Kier alpha value is -3.27. The average molecular weight is 434 g/mol. The quantitative estimate of drug-likeness (QED) is 0.470. The first-order valence-electron chi connectivity index (χ1n) is 8.70. The minimum absolute atomic E-state index is 0.0204. The number of amides is 1. The number of nitrogen functional groups attached to an aromatic ring is 1. The Morgan fingerprint density at radius 3 is 2.60 bits per heavy atom. The molecule has 2 aromatic carbocycles. The molecule has 0 unspecified atom stereocenters. The van der Waals surface area contributed by atoms with Crippen molar-refractivity contribution in [3.05, 3.63) is 76.1 Å². The molecule has 0 fully saturated rings. The summed E-state index contributed by atoms with van der Waals surface area (Å²) in [7, 11) is 0. The fourth-order valence-electron chi connectivity index (χ4n) is 2.70. The SMILES string of the molecule is Cc1cccc(-n2c(N)cc(=O)nc2SCC(=O)Nc2cccc(C(F)(F)F)c2)c1. The minimum atomic E-state index is -4.51. The molecule has 1 aromatic heterocycles. The fraction of sp³-hybridized carbons (Fsp3) is 0.150. The lowest BCUT2D eigenvalue weighted by Gasteiger charge is -2.15. The number of alkyl halides is 3. The molecular weight excluding hydrogens is 417 g/mol. The molecule has 0 aliphatic heterocycles. The van der Waals surface area contributed by atoms with Crippen LogP contribution in [-0.4, -0.2) is 21.2 Å². The Labute approximate surface area is 173 Å². The normalized spacial score (nSPS) is 11.3. The zero-order valence-electron chi connectivity index (χ0n) is 15.7. The first-order valence-corrected chi connectivity index (χ1v) is 9.68. The van der Waals surface area contributed by atoms with E-state index >= 15 is 0 Å². The third-order valence-corrected chi connectivity index (χ3v) is 4.93. The lowest BCUT2D eigenvalue weighted by Crippen LogP contribution is -2.19. The molecule has 3 aromatic rings. The second kappa shape index (κ2) is 8.62. The molecule has 0 radical (unpaired) electrons. The highest BCUT2D eigenvalue weighted by Crippen LogP contribution is 2.30. The van der Waals surface area contributed by atoms with Crippen LogP contribution in [0.25, 0.3) is 5.69 Å². The Morgan fingerprint density at radius 2 is 1.90 bits per heavy atom. The molecule has 0 spiro atoms. The van der Waals surface area contributed by atoms with E-state index in [1.807, 2.05) is 25.1 Å². The lowest BCUT2D eigenvalue weighted by molar-refractivity contribution is -0.137. The van der Waals surface area contributed by atoms with Crippen molar-refractivity contribution in [2.45, 2.75) is 18.3 Å². The highest BCUT2D eigenvalue weighted by atomic mass is 32.2. The Kier molecular flexibility index (Phi) is 6.16. The first-order chi connectivity index (χ1) is 14.1. The number of anilines is 2. The predicted octanol–water partition coefficient (Wildman–Crippen LogP) is 3.87. The van der Waals surface area contributed by atoms with Crippen molar-refractivity contribution in [3.63, 3.8) is 0 Å². The zero-order chi connectivity index (χ0) is 21.9. The Bertz CT molecular complexity index is 1150. The van der Waals surface area contributed by atoms with Crippen LogP contribution < -0.4 is 16.6 Å². The van der Waals surface area contributed by atoms with Gasteiger partial charge in [0.15, 0.2) is 5.16 Å². The van der Waals surface area contributed by atoms with Crippen molar-refractivity contribution in [1.82, 2.24) is 9.55 Å². The maximum atomic E-state index is 12.8. The smallest absolute Gasteiger partial charge is 0.385 e. The summed E-state index contributed by atoms with van der Waals surface area (Å²) in [6.45, 7) is 1.89. The summed E-state index contributed by atoms with van der Waals surface area (Å²) < 4.78 is 40.0. The van der Waals surface area contributed by atoms with Gasteiger partial charge in [0, 0.05) is 17.4 Å². The van der Waals surface area contributed by atoms with Gasteiger partial charge in [0.25, 0.3) is 5.56 Å². The molecule has 156 valence electrons. The Morgan fingerprint density at radius 1 is 1.17 bits per heavy atom. The number of carbonyl (C=O) groups is 1. The summed E-state index contributed by atoms with van der Waals surface area (Å²) in [6.07, 6.45) is -4.51. The van der Waals surface area contributed by atoms with Gasteiger partial charge in [0.2, 0.25) is 5.91 Å². The number of hydrogen-bond acceptors (Lipinski definition) is 5. The number of carbonyl (C=O) groups excluding carboxylic acids is 1. The molecule has 3 rings (SSSR count). The van der Waals surface area contributed by atoms with E-state index in [0.29, 0.717) is 5.69 Å². The highest BCUT2D eigenvalue weighted by Gasteiger charge is 2.30. The van der Waals surface area contributed by atoms with Crippen LogP contribution >= 0.6 is 11.8 Å². The standard InChI is InChI=1S/C20H17F3N4O2S/c1-12-4-2-7-15(8-12)27-16(24)10-17(28)26-19(27)30-11-18(29)25-14-6-3-5-13(9-14)20(21,22)23/h2-10H,11,24H2,1H3,(H,25,29). The molecule has 0 saturated heterocycles. The van der Waals surface area contributed by atoms with Gasteiger partial charge in [-0.15, -0.1) is 0 Å². The number of hydrogen-bond donors (Lipinski definition) is 2. The van der Waals surface area contributed by atoms with Crippen molar-refractivity contribution in [3.8, 4) is 5.69 Å². The lowest BCUT2D eigenvalue weighted by atomic mass is 10.2. The average Bonchev–Trinajstić information content (AvgIpc) is 2.65. The van der Waals surface area contributed by atoms with E-state index in [2.05, 4.69) is 10.3 Å². The molecular formula is C20H17F3N4O2S. The number of aryl methyl sites for hydroxylation is 1. The van der Waals surface area contributed by atoms with E-state index in [1.165, 1.54) is 22.8 Å². The van der Waals surface area contributed by atoms with E-state index in [0.717, 1.165) is 29.5 Å². The van der Waals surface area contributed by atoms with Crippen molar-refractivity contribution in [1.29, 1.82) is 0 Å². The van der Waals surface area contributed by atoms with Crippen molar-refractivity contribution in [2.24, 2.45) is 0 Å². The molecule has 1 amide bonds. The fourth-order valence-corrected chi connectivity index (χ4v) is 3.53. The van der Waals surface area contributed by atoms with Crippen LogP contribution in [0, 0.1) is 6.92 Å². The van der Waals surface area contributed by atoms with E-state index in [9.17, 15) is 22.8 Å². The van der Waals surface area contributed by atoms with Gasteiger partial charge in [0.05, 0.1) is 11.3 Å². The summed E-state index contributed by atoms with van der Waals surface area (Å²) in [5.74, 6) is -0.578. The number of rotatable bonds is 5. The molecule has 0 atom stereocenters. The minimum Gasteiger partial charge on any atom is -0.385 e. The van der Waals surface area contributed by atoms with Crippen LogP contribution in [0.15, 0.2) is 64.5 Å². The van der Waals surface area contributed by atoms with Crippen LogP contribution in [0.1, 0.15) is 11.1 Å². The van der Waals surface area contributed by atoms with Gasteiger partial charge in [-0.25, -0.2) is 0 Å². The predicted molar refractivity (Wildman–Crippen MR) is 110 cm³/mol. The molecule has 0 aliphatic rings. The van der Waals surface area contributed by atoms with E-state index in [1.54, 1.807) is 6.07 Å². The molecule has 0 saturated carbocycles. The van der Waals surface area contributed by atoms with Crippen LogP contribution in [-0.2, 0) is 11.0 Å². The van der Waals surface area contributed by atoms with Crippen LogP contribution in [0.3, 0.4) is 0 Å². The third kappa shape index (κ3) is 5.20. The van der Waals surface area contributed by atoms with Crippen molar-refractivity contribution >= 4 is 29.2 Å². The second-order valence-electron chi connectivity index (χ2n) is 6.39. The van der Waals surface area contributed by atoms with Crippen LogP contribution in [0.4, 0.5) is 24.7 Å². The number of nitrogens with one attached hydrogen (secondary N) is 1. The van der Waals surface area contributed by atoms with Gasteiger partial charge in [0.1, 0.15) is 5.82 Å². The van der Waals surface area contributed by atoms with Crippen LogP contribution in [0.2, 0.25) is 0 Å². The van der Waals surface area contributed by atoms with Crippen LogP contribution in [0.5, 0.6) is 0 Å². The maximum absolute atomic E-state index is 12.8. The molecule has 0 bridgehead atoms. The number of aromatic nitrogens is 2. The van der Waals surface area contributed by atoms with Crippen molar-refractivity contribution in [2.75, 3.05) is 16.8 Å². The summed E-state index contributed by atoms with van der Waals surface area (Å²) in [6, 6.07) is 12.8. The number of thioether (sulfide) groups is 1.